The van der Waals surface area contributed by atoms with Crippen molar-refractivity contribution in [3.8, 4) is 0 Å². The molecule has 0 saturated heterocycles. The molecule has 5 unspecified atom stereocenters. The van der Waals surface area contributed by atoms with Gasteiger partial charge in [-0.2, -0.15) is 0 Å². The first-order valence-electron chi connectivity index (χ1n) is 6.18. The van der Waals surface area contributed by atoms with E-state index in [0.29, 0.717) is 0 Å². The van der Waals surface area contributed by atoms with Crippen molar-refractivity contribution in [2.24, 2.45) is 29.6 Å². The highest BCUT2D eigenvalue weighted by Crippen LogP contribution is 2.47. The minimum atomic E-state index is 1.01. The van der Waals surface area contributed by atoms with Crippen molar-refractivity contribution in [3.63, 3.8) is 0 Å². The first-order valence-corrected chi connectivity index (χ1v) is 6.18. The molecule has 0 spiro atoms. The molecule has 0 radical (unpaired) electrons. The lowest BCUT2D eigenvalue weighted by Gasteiger charge is -2.45. The quantitative estimate of drug-likeness (QED) is 0.526. The molecule has 13 heavy (non-hydrogen) atoms. The smallest absolute Gasteiger partial charge is 0.0355 e. The Morgan fingerprint density at radius 3 is 2.00 bits per heavy atom. The van der Waals surface area contributed by atoms with Crippen LogP contribution in [0.15, 0.2) is 0 Å². The highest BCUT2D eigenvalue weighted by Gasteiger charge is 2.38. The van der Waals surface area contributed by atoms with E-state index in [2.05, 4.69) is 20.8 Å². The Morgan fingerprint density at radius 2 is 1.31 bits per heavy atom. The molecule has 0 aliphatic heterocycles. The van der Waals surface area contributed by atoms with Crippen LogP contribution in [0.5, 0.6) is 0 Å². The van der Waals surface area contributed by atoms with Crippen LogP contribution in [0.4, 0.5) is 0 Å². The Morgan fingerprint density at radius 1 is 0.692 bits per heavy atom. The first-order chi connectivity index (χ1) is 6.18. The van der Waals surface area contributed by atoms with Crippen molar-refractivity contribution in [3.05, 3.63) is 0 Å². The Balaban J connectivity index is 2.06. The van der Waals surface area contributed by atoms with Crippen molar-refractivity contribution >= 4 is 0 Å². The van der Waals surface area contributed by atoms with Crippen molar-refractivity contribution in [1.29, 1.82) is 0 Å². The van der Waals surface area contributed by atoms with Gasteiger partial charge in [0.15, 0.2) is 0 Å². The molecule has 2 aliphatic carbocycles. The van der Waals surface area contributed by atoms with Crippen LogP contribution in [0.3, 0.4) is 0 Å². The van der Waals surface area contributed by atoms with E-state index >= 15 is 0 Å². The summed E-state index contributed by atoms with van der Waals surface area (Å²) in [6.45, 7) is 7.42. The van der Waals surface area contributed by atoms with Crippen LogP contribution in [0.25, 0.3) is 0 Å². The lowest BCUT2D eigenvalue weighted by molar-refractivity contribution is 0.0465. The molecule has 5 atom stereocenters. The molecule has 0 aromatic rings. The molecule has 0 heteroatoms. The third kappa shape index (κ3) is 1.78. The fraction of sp³-hybridized carbons (Fsp3) is 1.00. The van der Waals surface area contributed by atoms with Crippen LogP contribution in [-0.2, 0) is 0 Å². The van der Waals surface area contributed by atoms with Crippen LogP contribution in [0.2, 0.25) is 0 Å². The third-order valence-corrected chi connectivity index (χ3v) is 4.76. The second-order valence-electron chi connectivity index (χ2n) is 5.78. The van der Waals surface area contributed by atoms with E-state index in [9.17, 15) is 0 Å². The summed E-state index contributed by atoms with van der Waals surface area (Å²) in [4.78, 5) is 0. The van der Waals surface area contributed by atoms with Crippen LogP contribution < -0.4 is 0 Å². The zero-order valence-corrected chi connectivity index (χ0v) is 9.42. The molecule has 2 saturated carbocycles. The summed E-state index contributed by atoms with van der Waals surface area (Å²) in [6, 6.07) is 0. The van der Waals surface area contributed by atoms with Gasteiger partial charge >= 0.3 is 0 Å². The summed E-state index contributed by atoms with van der Waals surface area (Å²) < 4.78 is 0. The molecule has 0 bridgehead atoms. The molecule has 2 fully saturated rings. The van der Waals surface area contributed by atoms with Crippen LogP contribution in [0, 0.1) is 29.6 Å². The average molecular weight is 180 g/mol. The SMILES string of the molecule is CC1CCC2C(C)CCC(C)C2C1. The number of rotatable bonds is 0. The second-order valence-corrected chi connectivity index (χ2v) is 5.78. The maximum atomic E-state index is 2.49. The van der Waals surface area contributed by atoms with Gasteiger partial charge in [0.05, 0.1) is 0 Å². The molecule has 0 amide bonds. The Labute approximate surface area is 83.1 Å². The van der Waals surface area contributed by atoms with Crippen LogP contribution in [-0.4, -0.2) is 0 Å². The Bertz CT molecular complexity index is 173. The van der Waals surface area contributed by atoms with E-state index in [4.69, 9.17) is 0 Å². The van der Waals surface area contributed by atoms with Crippen molar-refractivity contribution in [2.75, 3.05) is 0 Å². The van der Waals surface area contributed by atoms with Gasteiger partial charge in [-0.3, -0.25) is 0 Å². The summed E-state index contributed by atoms with van der Waals surface area (Å²) in [5, 5.41) is 0. The zero-order chi connectivity index (χ0) is 9.42. The predicted molar refractivity (Wildman–Crippen MR) is 57.6 cm³/mol. The monoisotopic (exact) mass is 180 g/mol. The normalized spacial score (nSPS) is 51.5. The first kappa shape index (κ1) is 9.55. The van der Waals surface area contributed by atoms with Gasteiger partial charge < -0.3 is 0 Å². The van der Waals surface area contributed by atoms with Gasteiger partial charge in [0, 0.05) is 0 Å². The summed E-state index contributed by atoms with van der Waals surface area (Å²) in [6.07, 6.45) is 7.54. The van der Waals surface area contributed by atoms with Gasteiger partial charge in [0.2, 0.25) is 0 Å². The topological polar surface area (TPSA) is 0 Å². The minimum absolute atomic E-state index is 1.01. The molecular weight excluding hydrogens is 156 g/mol. The number of hydrogen-bond acceptors (Lipinski definition) is 0. The Kier molecular flexibility index (Phi) is 2.67. The molecular formula is C13H24. The van der Waals surface area contributed by atoms with Gasteiger partial charge in [0.1, 0.15) is 0 Å². The van der Waals surface area contributed by atoms with E-state index in [0.717, 1.165) is 29.6 Å². The van der Waals surface area contributed by atoms with Crippen LogP contribution >= 0.6 is 0 Å². The van der Waals surface area contributed by atoms with Gasteiger partial charge in [0.25, 0.3) is 0 Å². The van der Waals surface area contributed by atoms with Crippen LogP contribution in [0.1, 0.15) is 52.9 Å². The Hall–Kier alpha value is 0. The maximum absolute atomic E-state index is 2.49. The van der Waals surface area contributed by atoms with Crippen molar-refractivity contribution in [1.82, 2.24) is 0 Å². The molecule has 0 N–H and O–H groups in total. The van der Waals surface area contributed by atoms with E-state index in [1.807, 2.05) is 0 Å². The largest absolute Gasteiger partial charge is 0.0625 e. The maximum Gasteiger partial charge on any atom is -0.0355 e. The van der Waals surface area contributed by atoms with Gasteiger partial charge in [-0.05, 0) is 42.4 Å². The lowest BCUT2D eigenvalue weighted by atomic mass is 9.60. The zero-order valence-electron chi connectivity index (χ0n) is 9.42. The standard InChI is InChI=1S/C13H24/c1-9-4-7-12-10(2)5-6-11(3)13(12)8-9/h9-13H,4-8H2,1-3H3. The fourth-order valence-corrected chi connectivity index (χ4v) is 3.76. The van der Waals surface area contributed by atoms with Gasteiger partial charge in [-0.25, -0.2) is 0 Å². The molecule has 0 aromatic carbocycles. The fourth-order valence-electron chi connectivity index (χ4n) is 3.76. The van der Waals surface area contributed by atoms with E-state index in [-0.39, 0.29) is 0 Å². The molecule has 0 heterocycles. The lowest BCUT2D eigenvalue weighted by Crippen LogP contribution is -2.36. The van der Waals surface area contributed by atoms with Crippen molar-refractivity contribution < 1.29 is 0 Å². The van der Waals surface area contributed by atoms with Gasteiger partial charge in [-0.15, -0.1) is 0 Å². The summed E-state index contributed by atoms with van der Waals surface area (Å²) in [7, 11) is 0. The van der Waals surface area contributed by atoms with Gasteiger partial charge in [-0.1, -0.05) is 40.0 Å². The van der Waals surface area contributed by atoms with E-state index < -0.39 is 0 Å². The van der Waals surface area contributed by atoms with E-state index in [1.165, 1.54) is 32.1 Å². The number of fused-ring (bicyclic) bond motifs is 1. The molecule has 76 valence electrons. The molecule has 0 aromatic heterocycles. The van der Waals surface area contributed by atoms with E-state index in [1.54, 1.807) is 0 Å². The minimum Gasteiger partial charge on any atom is -0.0625 e. The summed E-state index contributed by atoms with van der Waals surface area (Å²) >= 11 is 0. The highest BCUT2D eigenvalue weighted by atomic mass is 14.4. The third-order valence-electron chi connectivity index (χ3n) is 4.76. The predicted octanol–water partition coefficient (Wildman–Crippen LogP) is 4.10. The highest BCUT2D eigenvalue weighted by molar-refractivity contribution is 4.88. The second kappa shape index (κ2) is 3.63. The molecule has 2 aliphatic rings. The number of hydrogen-bond donors (Lipinski definition) is 0. The summed E-state index contributed by atoms with van der Waals surface area (Å²) in [5.74, 6) is 5.21. The molecule has 0 nitrogen and oxygen atoms in total. The molecule has 2 rings (SSSR count). The average Bonchev–Trinajstić information content (AvgIpc) is 2.12. The summed E-state index contributed by atoms with van der Waals surface area (Å²) in [5.41, 5.74) is 0. The van der Waals surface area contributed by atoms with Crippen molar-refractivity contribution in [2.45, 2.75) is 52.9 Å².